The van der Waals surface area contributed by atoms with E-state index in [2.05, 4.69) is 23.9 Å². The number of primary amides is 1. The fraction of sp³-hybridized carbons (Fsp3) is 0.727. The molecule has 1 amide bonds. The molecule has 0 saturated carbocycles. The van der Waals surface area contributed by atoms with Crippen molar-refractivity contribution in [1.29, 1.82) is 0 Å². The van der Waals surface area contributed by atoms with E-state index in [0.29, 0.717) is 12.5 Å². The van der Waals surface area contributed by atoms with Gasteiger partial charge >= 0.3 is 0 Å². The second-order valence-electron chi connectivity index (χ2n) is 4.65. The first-order valence-electron chi connectivity index (χ1n) is 5.90. The van der Waals surface area contributed by atoms with E-state index < -0.39 is 5.91 Å². The zero-order chi connectivity index (χ0) is 13.3. The van der Waals surface area contributed by atoms with Gasteiger partial charge in [0, 0.05) is 13.0 Å². The number of rotatable bonds is 4. The summed E-state index contributed by atoms with van der Waals surface area (Å²) < 4.78 is 12.6. The summed E-state index contributed by atoms with van der Waals surface area (Å²) in [5.41, 5.74) is 5.12. The summed E-state index contributed by atoms with van der Waals surface area (Å²) in [6.07, 6.45) is 1.26. The number of nitrogens with two attached hydrogens (primary N) is 1. The lowest BCUT2D eigenvalue weighted by atomic mass is 9.93. The maximum absolute atomic E-state index is 11.0. The van der Waals surface area contributed by atoms with Crippen LogP contribution in [0.2, 0.25) is 0 Å². The molecule has 2 unspecified atom stereocenters. The van der Waals surface area contributed by atoms with Gasteiger partial charge < -0.3 is 15.2 Å². The SMILES string of the molecule is COCC1O[C@@H](n2cnc(C(N)=O)n2)[C@H](C)C1C. The first-order chi connectivity index (χ1) is 8.54. The quantitative estimate of drug-likeness (QED) is 0.828. The van der Waals surface area contributed by atoms with Gasteiger partial charge in [0.15, 0.2) is 6.23 Å². The number of hydrogen-bond acceptors (Lipinski definition) is 5. The van der Waals surface area contributed by atoms with Crippen LogP contribution in [0, 0.1) is 11.8 Å². The van der Waals surface area contributed by atoms with Crippen LogP contribution in [0.5, 0.6) is 0 Å². The maximum Gasteiger partial charge on any atom is 0.288 e. The Bertz CT molecular complexity index is 434. The van der Waals surface area contributed by atoms with Gasteiger partial charge in [0.05, 0.1) is 12.7 Å². The molecule has 0 aromatic carbocycles. The van der Waals surface area contributed by atoms with Crippen LogP contribution in [0.3, 0.4) is 0 Å². The Balaban J connectivity index is 2.15. The van der Waals surface area contributed by atoms with Crippen molar-refractivity contribution in [2.75, 3.05) is 13.7 Å². The molecule has 1 aliphatic rings. The van der Waals surface area contributed by atoms with Crippen LogP contribution in [0.15, 0.2) is 6.33 Å². The molecular weight excluding hydrogens is 236 g/mol. The van der Waals surface area contributed by atoms with Crippen molar-refractivity contribution in [3.63, 3.8) is 0 Å². The molecule has 1 fully saturated rings. The Kier molecular flexibility index (Phi) is 3.63. The van der Waals surface area contributed by atoms with Crippen LogP contribution in [0.25, 0.3) is 0 Å². The third-order valence-corrected chi connectivity index (χ3v) is 3.50. The Labute approximate surface area is 105 Å². The van der Waals surface area contributed by atoms with Crippen molar-refractivity contribution in [3.05, 3.63) is 12.2 Å². The highest BCUT2D eigenvalue weighted by Crippen LogP contribution is 2.38. The Hall–Kier alpha value is -1.47. The molecule has 4 atom stereocenters. The monoisotopic (exact) mass is 254 g/mol. The summed E-state index contributed by atoms with van der Waals surface area (Å²) in [5, 5.41) is 4.04. The van der Waals surface area contributed by atoms with Crippen molar-refractivity contribution in [1.82, 2.24) is 14.8 Å². The number of carbonyl (C=O) groups is 1. The van der Waals surface area contributed by atoms with Gasteiger partial charge in [-0.15, -0.1) is 5.10 Å². The zero-order valence-corrected chi connectivity index (χ0v) is 10.7. The fourth-order valence-electron chi connectivity index (χ4n) is 2.19. The molecule has 1 aliphatic heterocycles. The molecule has 1 saturated heterocycles. The number of aromatic nitrogens is 3. The van der Waals surface area contributed by atoms with E-state index in [1.165, 1.54) is 6.33 Å². The number of hydrogen-bond donors (Lipinski definition) is 1. The lowest BCUT2D eigenvalue weighted by Crippen LogP contribution is -2.21. The van der Waals surface area contributed by atoms with Crippen molar-refractivity contribution < 1.29 is 14.3 Å². The standard InChI is InChI=1S/C11H18N4O3/c1-6-7(2)11(18-8(6)4-17-3)15-5-13-10(14-15)9(12)16/h5-8,11H,4H2,1-3H3,(H2,12,16)/t6?,7-,8?,11-/m1/s1. The van der Waals surface area contributed by atoms with E-state index in [1.54, 1.807) is 11.8 Å². The number of methoxy groups -OCH3 is 1. The van der Waals surface area contributed by atoms with E-state index in [0.717, 1.165) is 0 Å². The highest BCUT2D eigenvalue weighted by atomic mass is 16.5. The molecule has 0 aliphatic carbocycles. The molecular formula is C11H18N4O3. The largest absolute Gasteiger partial charge is 0.382 e. The lowest BCUT2D eigenvalue weighted by molar-refractivity contribution is -0.0490. The number of carbonyl (C=O) groups excluding carboxylic acids is 1. The molecule has 1 aromatic rings. The highest BCUT2D eigenvalue weighted by Gasteiger charge is 2.40. The Morgan fingerprint density at radius 3 is 2.83 bits per heavy atom. The molecule has 2 rings (SSSR count). The normalized spacial score (nSPS) is 31.7. The van der Waals surface area contributed by atoms with Gasteiger partial charge in [0.1, 0.15) is 6.33 Å². The Morgan fingerprint density at radius 2 is 2.28 bits per heavy atom. The maximum atomic E-state index is 11.0. The molecule has 2 N–H and O–H groups in total. The Morgan fingerprint density at radius 1 is 1.56 bits per heavy atom. The third-order valence-electron chi connectivity index (χ3n) is 3.50. The van der Waals surface area contributed by atoms with Crippen molar-refractivity contribution in [2.45, 2.75) is 26.2 Å². The predicted octanol–water partition coefficient (Wildman–Crippen LogP) is 0.193. The van der Waals surface area contributed by atoms with Gasteiger partial charge in [0.25, 0.3) is 5.91 Å². The molecule has 0 radical (unpaired) electrons. The summed E-state index contributed by atoms with van der Waals surface area (Å²) in [6.45, 7) is 4.73. The second kappa shape index (κ2) is 5.03. The number of amides is 1. The van der Waals surface area contributed by atoms with Gasteiger partial charge in [-0.25, -0.2) is 9.67 Å². The molecule has 100 valence electrons. The summed E-state index contributed by atoms with van der Waals surface area (Å²) in [7, 11) is 1.65. The van der Waals surface area contributed by atoms with Crippen molar-refractivity contribution in [3.8, 4) is 0 Å². The van der Waals surface area contributed by atoms with Gasteiger partial charge in [-0.2, -0.15) is 0 Å². The number of ether oxygens (including phenoxy) is 2. The van der Waals surface area contributed by atoms with Crippen molar-refractivity contribution in [2.24, 2.45) is 17.6 Å². The topological polar surface area (TPSA) is 92.3 Å². The lowest BCUT2D eigenvalue weighted by Gasteiger charge is -2.15. The van der Waals surface area contributed by atoms with Crippen LogP contribution in [0.1, 0.15) is 30.7 Å². The van der Waals surface area contributed by atoms with Crippen LogP contribution in [-0.4, -0.2) is 40.5 Å². The summed E-state index contributed by atoms with van der Waals surface area (Å²) >= 11 is 0. The summed E-state index contributed by atoms with van der Waals surface area (Å²) in [6, 6.07) is 0. The molecule has 18 heavy (non-hydrogen) atoms. The molecule has 0 spiro atoms. The molecule has 7 nitrogen and oxygen atoms in total. The first-order valence-corrected chi connectivity index (χ1v) is 5.90. The van der Waals surface area contributed by atoms with Gasteiger partial charge in [-0.3, -0.25) is 4.79 Å². The van der Waals surface area contributed by atoms with Crippen LogP contribution >= 0.6 is 0 Å². The minimum atomic E-state index is -0.638. The van der Waals surface area contributed by atoms with Gasteiger partial charge in [-0.05, 0) is 5.92 Å². The average Bonchev–Trinajstić information content (AvgIpc) is 2.90. The van der Waals surface area contributed by atoms with E-state index in [9.17, 15) is 4.79 Å². The first kappa shape index (κ1) is 13.0. The molecule has 0 bridgehead atoms. The zero-order valence-electron chi connectivity index (χ0n) is 10.7. The van der Waals surface area contributed by atoms with Crippen LogP contribution in [-0.2, 0) is 9.47 Å². The third kappa shape index (κ3) is 2.23. The average molecular weight is 254 g/mol. The van der Waals surface area contributed by atoms with E-state index in [4.69, 9.17) is 15.2 Å². The minimum absolute atomic E-state index is 0.00800. The smallest absolute Gasteiger partial charge is 0.288 e. The predicted molar refractivity (Wildman–Crippen MR) is 62.7 cm³/mol. The van der Waals surface area contributed by atoms with Gasteiger partial charge in [-0.1, -0.05) is 13.8 Å². The van der Waals surface area contributed by atoms with E-state index in [-0.39, 0.29) is 24.1 Å². The summed E-state index contributed by atoms with van der Waals surface area (Å²) in [5.74, 6) is -0.0294. The van der Waals surface area contributed by atoms with Crippen LogP contribution < -0.4 is 5.73 Å². The molecule has 7 heteroatoms. The molecule has 1 aromatic heterocycles. The number of nitrogens with zero attached hydrogens (tertiary/aromatic N) is 3. The molecule has 2 heterocycles. The fourth-order valence-corrected chi connectivity index (χ4v) is 2.19. The second-order valence-corrected chi connectivity index (χ2v) is 4.65. The van der Waals surface area contributed by atoms with Crippen molar-refractivity contribution >= 4 is 5.91 Å². The minimum Gasteiger partial charge on any atom is -0.382 e. The highest BCUT2D eigenvalue weighted by molar-refractivity contribution is 5.88. The van der Waals surface area contributed by atoms with E-state index >= 15 is 0 Å². The summed E-state index contributed by atoms with van der Waals surface area (Å²) in [4.78, 5) is 14.8. The van der Waals surface area contributed by atoms with Gasteiger partial charge in [0.2, 0.25) is 5.82 Å². The van der Waals surface area contributed by atoms with Crippen LogP contribution in [0.4, 0.5) is 0 Å². The van der Waals surface area contributed by atoms with E-state index in [1.807, 2.05) is 0 Å².